The lowest BCUT2D eigenvalue weighted by Gasteiger charge is -2.14. The number of H-pyrrole nitrogens is 1. The number of nitrogens with one attached hydrogen (secondary N) is 3. The van der Waals surface area contributed by atoms with Crippen molar-refractivity contribution in [2.75, 3.05) is 11.9 Å². The van der Waals surface area contributed by atoms with Gasteiger partial charge >= 0.3 is 0 Å². The fourth-order valence-electron chi connectivity index (χ4n) is 3.31. The van der Waals surface area contributed by atoms with Crippen LogP contribution in [0.3, 0.4) is 0 Å². The van der Waals surface area contributed by atoms with E-state index >= 15 is 0 Å². The Kier molecular flexibility index (Phi) is 5.82. The highest BCUT2D eigenvalue weighted by atomic mass is 35.5. The molecular weight excluding hydrogens is 388 g/mol. The van der Waals surface area contributed by atoms with Crippen LogP contribution >= 0.6 is 12.4 Å². The number of rotatable bonds is 3. The maximum Gasteiger partial charge on any atom is 0.277 e. The number of benzene rings is 1. The van der Waals surface area contributed by atoms with Crippen LogP contribution in [0.25, 0.3) is 5.69 Å². The van der Waals surface area contributed by atoms with E-state index in [4.69, 9.17) is 5.10 Å². The summed E-state index contributed by atoms with van der Waals surface area (Å²) in [5.41, 5.74) is 5.28. The molecule has 0 spiro atoms. The zero-order valence-electron chi connectivity index (χ0n) is 17.2. The molecule has 0 unspecified atom stereocenters. The van der Waals surface area contributed by atoms with Crippen molar-refractivity contribution in [2.45, 2.75) is 46.1 Å². The van der Waals surface area contributed by atoms with Crippen LogP contribution in [-0.4, -0.2) is 32.4 Å². The molecule has 1 aromatic carbocycles. The van der Waals surface area contributed by atoms with Crippen molar-refractivity contribution in [1.29, 1.82) is 0 Å². The minimum atomic E-state index is -0.227. The van der Waals surface area contributed by atoms with E-state index in [-0.39, 0.29) is 23.7 Å². The van der Waals surface area contributed by atoms with Gasteiger partial charge in [-0.15, -0.1) is 12.4 Å². The van der Waals surface area contributed by atoms with Crippen molar-refractivity contribution in [3.05, 3.63) is 58.5 Å². The maximum atomic E-state index is 13.0. The molecule has 0 aliphatic carbocycles. The molecule has 0 saturated heterocycles. The lowest BCUT2D eigenvalue weighted by atomic mass is 9.92. The highest BCUT2D eigenvalue weighted by Gasteiger charge is 2.25. The number of amides is 1. The van der Waals surface area contributed by atoms with Crippen molar-refractivity contribution in [3.8, 4) is 5.69 Å². The Morgan fingerprint density at radius 1 is 1.21 bits per heavy atom. The summed E-state index contributed by atoms with van der Waals surface area (Å²) in [6, 6.07) is 10.0. The Hall–Kier alpha value is -2.64. The molecule has 1 amide bonds. The normalized spacial score (nSPS) is 13.5. The molecule has 3 heterocycles. The van der Waals surface area contributed by atoms with E-state index in [0.29, 0.717) is 18.1 Å². The molecule has 4 rings (SSSR count). The first kappa shape index (κ1) is 21.1. The third kappa shape index (κ3) is 4.21. The molecule has 1 aliphatic rings. The predicted octanol–water partition coefficient (Wildman–Crippen LogP) is 3.52. The minimum Gasteiger partial charge on any atom is -0.312 e. The molecule has 0 radical (unpaired) electrons. The van der Waals surface area contributed by atoms with E-state index in [0.717, 1.165) is 35.6 Å². The number of carbonyl (C=O) groups excluding carboxylic acids is 1. The Morgan fingerprint density at radius 2 is 1.93 bits per heavy atom. The maximum absolute atomic E-state index is 13.0. The zero-order chi connectivity index (χ0) is 19.9. The van der Waals surface area contributed by atoms with Gasteiger partial charge in [-0.25, -0.2) is 4.68 Å². The van der Waals surface area contributed by atoms with Crippen molar-refractivity contribution < 1.29 is 4.79 Å². The van der Waals surface area contributed by atoms with Gasteiger partial charge in [-0.2, -0.15) is 10.2 Å². The van der Waals surface area contributed by atoms with Crippen LogP contribution < -0.4 is 10.6 Å². The van der Waals surface area contributed by atoms with Gasteiger partial charge in [-0.05, 0) is 19.1 Å². The Morgan fingerprint density at radius 3 is 2.62 bits per heavy atom. The number of aryl methyl sites for hydroxylation is 1. The lowest BCUT2D eigenvalue weighted by molar-refractivity contribution is 0.102. The standard InChI is InChI=1S/C21H26N6O.ClH/c1-13-5-7-14(8-6-13)27-18(11-17(26-27)21(2,3)4)23-20(28)19-15-12-22-10-9-16(15)24-25-19;/h5-8,11,22H,9-10,12H2,1-4H3,(H,23,28)(H,24,25);1H. The number of aromatic amines is 1. The number of nitrogens with zero attached hydrogens (tertiary/aromatic N) is 3. The van der Waals surface area contributed by atoms with E-state index in [1.807, 2.05) is 37.3 Å². The van der Waals surface area contributed by atoms with Crippen LogP contribution in [0.1, 0.15) is 53.8 Å². The summed E-state index contributed by atoms with van der Waals surface area (Å²) in [5.74, 6) is 0.411. The van der Waals surface area contributed by atoms with E-state index in [1.165, 1.54) is 5.56 Å². The third-order valence-electron chi connectivity index (χ3n) is 5.02. The van der Waals surface area contributed by atoms with Gasteiger partial charge in [-0.3, -0.25) is 9.89 Å². The highest BCUT2D eigenvalue weighted by Crippen LogP contribution is 2.27. The first-order valence-electron chi connectivity index (χ1n) is 9.59. The molecule has 0 atom stereocenters. The minimum absolute atomic E-state index is 0. The molecule has 3 N–H and O–H groups in total. The number of anilines is 1. The van der Waals surface area contributed by atoms with Gasteiger partial charge in [0.25, 0.3) is 5.91 Å². The van der Waals surface area contributed by atoms with Crippen LogP contribution in [0, 0.1) is 6.92 Å². The molecule has 3 aromatic rings. The third-order valence-corrected chi connectivity index (χ3v) is 5.02. The van der Waals surface area contributed by atoms with Crippen molar-refractivity contribution in [3.63, 3.8) is 0 Å². The van der Waals surface area contributed by atoms with Gasteiger partial charge < -0.3 is 10.6 Å². The van der Waals surface area contributed by atoms with Gasteiger partial charge in [0.05, 0.1) is 11.4 Å². The molecule has 1 aliphatic heterocycles. The second-order valence-corrected chi connectivity index (χ2v) is 8.32. The Labute approximate surface area is 176 Å². The number of hydrogen-bond donors (Lipinski definition) is 3. The molecule has 2 aromatic heterocycles. The first-order valence-corrected chi connectivity index (χ1v) is 9.59. The largest absolute Gasteiger partial charge is 0.312 e. The van der Waals surface area contributed by atoms with Gasteiger partial charge in [0, 0.05) is 42.2 Å². The summed E-state index contributed by atoms with van der Waals surface area (Å²) in [5, 5.41) is 18.3. The molecule has 0 bridgehead atoms. The summed E-state index contributed by atoms with van der Waals surface area (Å²) in [6.07, 6.45) is 0.852. The SMILES string of the molecule is Cc1ccc(-n2nc(C(C)(C)C)cc2NC(=O)c2n[nH]c3c2CNCC3)cc1.Cl. The molecule has 8 heteroatoms. The van der Waals surface area contributed by atoms with Crippen LogP contribution in [0.2, 0.25) is 0 Å². The summed E-state index contributed by atoms with van der Waals surface area (Å²) in [7, 11) is 0. The van der Waals surface area contributed by atoms with Crippen molar-refractivity contribution in [1.82, 2.24) is 25.3 Å². The lowest BCUT2D eigenvalue weighted by Crippen LogP contribution is -2.25. The van der Waals surface area contributed by atoms with E-state index < -0.39 is 0 Å². The number of hydrogen-bond acceptors (Lipinski definition) is 4. The highest BCUT2D eigenvalue weighted by molar-refractivity contribution is 6.03. The Bertz CT molecular complexity index is 1010. The van der Waals surface area contributed by atoms with Gasteiger partial charge in [0.2, 0.25) is 0 Å². The topological polar surface area (TPSA) is 87.6 Å². The van der Waals surface area contributed by atoms with E-state index in [1.54, 1.807) is 4.68 Å². The zero-order valence-corrected chi connectivity index (χ0v) is 18.0. The molecule has 154 valence electrons. The fraction of sp³-hybridized carbons (Fsp3) is 0.381. The van der Waals surface area contributed by atoms with Gasteiger partial charge in [0.15, 0.2) is 5.69 Å². The fourth-order valence-corrected chi connectivity index (χ4v) is 3.31. The van der Waals surface area contributed by atoms with Crippen LogP contribution in [-0.2, 0) is 18.4 Å². The van der Waals surface area contributed by atoms with Gasteiger partial charge in [0.1, 0.15) is 5.82 Å². The first-order chi connectivity index (χ1) is 13.3. The van der Waals surface area contributed by atoms with E-state index in [9.17, 15) is 4.79 Å². The van der Waals surface area contributed by atoms with Crippen LogP contribution in [0.15, 0.2) is 30.3 Å². The van der Waals surface area contributed by atoms with E-state index in [2.05, 4.69) is 41.6 Å². The average molecular weight is 415 g/mol. The summed E-state index contributed by atoms with van der Waals surface area (Å²) in [6.45, 7) is 9.91. The van der Waals surface area contributed by atoms with Crippen LogP contribution in [0.5, 0.6) is 0 Å². The average Bonchev–Trinajstić information content (AvgIpc) is 3.26. The molecule has 7 nitrogen and oxygen atoms in total. The molecule has 29 heavy (non-hydrogen) atoms. The quantitative estimate of drug-likeness (QED) is 0.611. The predicted molar refractivity (Wildman–Crippen MR) is 116 cm³/mol. The molecular formula is C21H27ClN6O. The monoisotopic (exact) mass is 414 g/mol. The van der Waals surface area contributed by atoms with Crippen molar-refractivity contribution in [2.24, 2.45) is 0 Å². The number of aromatic nitrogens is 4. The Balaban J connectivity index is 0.00000240. The number of fused-ring (bicyclic) bond motifs is 1. The molecule has 0 fully saturated rings. The number of carbonyl (C=O) groups is 1. The summed E-state index contributed by atoms with van der Waals surface area (Å²) in [4.78, 5) is 13.0. The second kappa shape index (κ2) is 8.00. The smallest absolute Gasteiger partial charge is 0.277 e. The van der Waals surface area contributed by atoms with Crippen LogP contribution in [0.4, 0.5) is 5.82 Å². The summed E-state index contributed by atoms with van der Waals surface area (Å²) < 4.78 is 1.79. The summed E-state index contributed by atoms with van der Waals surface area (Å²) >= 11 is 0. The molecule has 0 saturated carbocycles. The van der Waals surface area contributed by atoms with Gasteiger partial charge in [-0.1, -0.05) is 38.5 Å². The van der Waals surface area contributed by atoms with Crippen molar-refractivity contribution >= 4 is 24.1 Å². The second-order valence-electron chi connectivity index (χ2n) is 8.32. The number of halogens is 1.